The minimum Gasteiger partial charge on any atom is -0.481 e. The van der Waals surface area contributed by atoms with Crippen molar-refractivity contribution < 1.29 is 9.90 Å². The van der Waals surface area contributed by atoms with Crippen LogP contribution in [0.15, 0.2) is 0 Å². The lowest BCUT2D eigenvalue weighted by Gasteiger charge is -1.99. The first-order valence-corrected chi connectivity index (χ1v) is 4.44. The Morgan fingerprint density at radius 2 is 2.09 bits per heavy atom. The van der Waals surface area contributed by atoms with Crippen molar-refractivity contribution in [3.05, 3.63) is 0 Å². The second-order valence-electron chi connectivity index (χ2n) is 2.32. The summed E-state index contributed by atoms with van der Waals surface area (Å²) in [4.78, 5) is 10.1. The van der Waals surface area contributed by atoms with Crippen LogP contribution < -0.4 is 5.32 Å². The van der Waals surface area contributed by atoms with Crippen LogP contribution in [0.2, 0.25) is 0 Å². The molecule has 0 fully saturated rings. The predicted octanol–water partition coefficient (Wildman–Crippen LogP) is 0.761. The maximum atomic E-state index is 10.1. The Morgan fingerprint density at radius 3 is 2.64 bits per heavy atom. The minimum atomic E-state index is -0.709. The third-order valence-corrected chi connectivity index (χ3v) is 1.51. The molecule has 0 heterocycles. The van der Waals surface area contributed by atoms with E-state index in [1.165, 1.54) is 0 Å². The zero-order valence-electron chi connectivity index (χ0n) is 6.55. The first-order valence-electron chi connectivity index (χ1n) is 3.80. The number of thiol groups is 1. The second-order valence-corrected chi connectivity index (χ2v) is 2.77. The van der Waals surface area contributed by atoms with Crippen molar-refractivity contribution in [2.24, 2.45) is 0 Å². The highest BCUT2D eigenvalue weighted by Crippen LogP contribution is 1.92. The summed E-state index contributed by atoms with van der Waals surface area (Å²) in [5, 5.41) is 11.4. The molecule has 0 amide bonds. The average molecular weight is 177 g/mol. The normalized spacial score (nSPS) is 9.91. The summed E-state index contributed by atoms with van der Waals surface area (Å²) in [6, 6.07) is 0. The zero-order valence-corrected chi connectivity index (χ0v) is 7.44. The van der Waals surface area contributed by atoms with E-state index in [1.807, 2.05) is 0 Å². The van der Waals surface area contributed by atoms with Crippen LogP contribution in [0.4, 0.5) is 0 Å². The molecule has 0 aliphatic carbocycles. The van der Waals surface area contributed by atoms with Crippen molar-refractivity contribution in [1.29, 1.82) is 0 Å². The van der Waals surface area contributed by atoms with Crippen LogP contribution in [0.25, 0.3) is 0 Å². The number of aliphatic carboxylic acids is 1. The van der Waals surface area contributed by atoms with Gasteiger partial charge in [-0.05, 0) is 19.4 Å². The van der Waals surface area contributed by atoms with E-state index in [2.05, 4.69) is 17.9 Å². The van der Waals surface area contributed by atoms with E-state index in [9.17, 15) is 4.79 Å². The molecule has 3 nitrogen and oxygen atoms in total. The lowest BCUT2D eigenvalue weighted by Crippen LogP contribution is -2.17. The van der Waals surface area contributed by atoms with Crippen molar-refractivity contribution in [3.8, 4) is 0 Å². The van der Waals surface area contributed by atoms with E-state index < -0.39 is 5.97 Å². The fraction of sp³-hybridized carbons (Fsp3) is 0.857. The van der Waals surface area contributed by atoms with E-state index in [1.54, 1.807) is 0 Å². The van der Waals surface area contributed by atoms with Gasteiger partial charge in [-0.15, -0.1) is 0 Å². The SMILES string of the molecule is O=C(O)CCCCNCCS. The van der Waals surface area contributed by atoms with Gasteiger partial charge in [0.05, 0.1) is 0 Å². The summed E-state index contributed by atoms with van der Waals surface area (Å²) in [5.74, 6) is 0.123. The number of unbranched alkanes of at least 4 members (excludes halogenated alkanes) is 1. The summed E-state index contributed by atoms with van der Waals surface area (Å²) in [7, 11) is 0. The van der Waals surface area contributed by atoms with E-state index in [-0.39, 0.29) is 6.42 Å². The van der Waals surface area contributed by atoms with Crippen LogP contribution in [0, 0.1) is 0 Å². The molecular formula is C7H15NO2S. The molecule has 66 valence electrons. The van der Waals surface area contributed by atoms with E-state index in [0.29, 0.717) is 0 Å². The Kier molecular flexibility index (Phi) is 7.72. The highest BCUT2D eigenvalue weighted by atomic mass is 32.1. The van der Waals surface area contributed by atoms with Gasteiger partial charge in [0.25, 0.3) is 0 Å². The molecule has 0 saturated carbocycles. The van der Waals surface area contributed by atoms with Gasteiger partial charge in [0.15, 0.2) is 0 Å². The summed E-state index contributed by atoms with van der Waals surface area (Å²) in [6.45, 7) is 1.80. The average Bonchev–Trinajstić information content (AvgIpc) is 1.96. The Balaban J connectivity index is 2.85. The minimum absolute atomic E-state index is 0.280. The molecule has 4 heteroatoms. The number of carboxylic acids is 1. The highest BCUT2D eigenvalue weighted by molar-refractivity contribution is 7.80. The number of rotatable bonds is 7. The summed E-state index contributed by atoms with van der Waals surface area (Å²) in [5.41, 5.74) is 0. The molecular weight excluding hydrogens is 162 g/mol. The molecule has 0 unspecified atom stereocenters. The van der Waals surface area contributed by atoms with Gasteiger partial charge in [-0.3, -0.25) is 4.79 Å². The molecule has 0 aromatic rings. The topological polar surface area (TPSA) is 49.3 Å². The van der Waals surface area contributed by atoms with Crippen molar-refractivity contribution >= 4 is 18.6 Å². The number of nitrogens with one attached hydrogen (secondary N) is 1. The third kappa shape index (κ3) is 9.78. The van der Waals surface area contributed by atoms with E-state index in [0.717, 1.165) is 31.7 Å². The van der Waals surface area contributed by atoms with Gasteiger partial charge in [0.2, 0.25) is 0 Å². The van der Waals surface area contributed by atoms with E-state index >= 15 is 0 Å². The highest BCUT2D eigenvalue weighted by Gasteiger charge is 1.94. The van der Waals surface area contributed by atoms with Crippen LogP contribution in [0.5, 0.6) is 0 Å². The van der Waals surface area contributed by atoms with Gasteiger partial charge in [0, 0.05) is 18.7 Å². The zero-order chi connectivity index (χ0) is 8.53. The van der Waals surface area contributed by atoms with Crippen molar-refractivity contribution in [2.75, 3.05) is 18.8 Å². The lowest BCUT2D eigenvalue weighted by molar-refractivity contribution is -0.137. The fourth-order valence-corrected chi connectivity index (χ4v) is 0.888. The summed E-state index contributed by atoms with van der Waals surface area (Å²) >= 11 is 4.02. The van der Waals surface area contributed by atoms with Gasteiger partial charge in [-0.25, -0.2) is 0 Å². The maximum Gasteiger partial charge on any atom is 0.303 e. The number of hydrogen-bond donors (Lipinski definition) is 3. The standard InChI is InChI=1S/C7H15NO2S/c9-7(10)3-1-2-4-8-5-6-11/h8,11H,1-6H2,(H,9,10). The predicted molar refractivity (Wildman–Crippen MR) is 48.2 cm³/mol. The molecule has 0 aromatic heterocycles. The Morgan fingerprint density at radius 1 is 1.36 bits per heavy atom. The van der Waals surface area contributed by atoms with Crippen LogP contribution in [0.1, 0.15) is 19.3 Å². The summed E-state index contributed by atoms with van der Waals surface area (Å²) in [6.07, 6.45) is 1.97. The number of hydrogen-bond acceptors (Lipinski definition) is 3. The molecule has 0 rings (SSSR count). The molecule has 0 saturated heterocycles. The van der Waals surface area contributed by atoms with Gasteiger partial charge in [-0.1, -0.05) is 0 Å². The van der Waals surface area contributed by atoms with E-state index in [4.69, 9.17) is 5.11 Å². The van der Waals surface area contributed by atoms with Crippen LogP contribution >= 0.6 is 12.6 Å². The van der Waals surface area contributed by atoms with Crippen molar-refractivity contribution in [2.45, 2.75) is 19.3 Å². The monoisotopic (exact) mass is 177 g/mol. The second kappa shape index (κ2) is 7.88. The van der Waals surface area contributed by atoms with Crippen LogP contribution in [-0.2, 0) is 4.79 Å². The lowest BCUT2D eigenvalue weighted by atomic mass is 10.2. The molecule has 0 radical (unpaired) electrons. The molecule has 0 aromatic carbocycles. The first-order chi connectivity index (χ1) is 5.27. The fourth-order valence-electron chi connectivity index (χ4n) is 0.730. The Labute approximate surface area is 72.6 Å². The van der Waals surface area contributed by atoms with Gasteiger partial charge >= 0.3 is 5.97 Å². The first kappa shape index (κ1) is 10.8. The Hall–Kier alpha value is -0.220. The number of carboxylic acid groups (broad SMARTS) is 1. The van der Waals surface area contributed by atoms with Crippen LogP contribution in [-0.4, -0.2) is 29.9 Å². The van der Waals surface area contributed by atoms with Gasteiger partial charge in [0.1, 0.15) is 0 Å². The molecule has 0 atom stereocenters. The van der Waals surface area contributed by atoms with Gasteiger partial charge in [-0.2, -0.15) is 12.6 Å². The van der Waals surface area contributed by atoms with Crippen molar-refractivity contribution in [3.63, 3.8) is 0 Å². The maximum absolute atomic E-state index is 10.1. The number of carbonyl (C=O) groups is 1. The molecule has 0 spiro atoms. The largest absolute Gasteiger partial charge is 0.481 e. The quantitative estimate of drug-likeness (QED) is 0.397. The van der Waals surface area contributed by atoms with Crippen molar-refractivity contribution in [1.82, 2.24) is 5.32 Å². The Bertz CT molecular complexity index is 109. The third-order valence-electron chi connectivity index (χ3n) is 1.28. The molecule has 0 aliphatic rings. The molecule has 11 heavy (non-hydrogen) atoms. The van der Waals surface area contributed by atoms with Crippen LogP contribution in [0.3, 0.4) is 0 Å². The molecule has 0 bridgehead atoms. The van der Waals surface area contributed by atoms with Gasteiger partial charge < -0.3 is 10.4 Å². The summed E-state index contributed by atoms with van der Waals surface area (Å²) < 4.78 is 0. The molecule has 2 N–H and O–H groups in total. The molecule has 0 aliphatic heterocycles. The smallest absolute Gasteiger partial charge is 0.303 e.